The topological polar surface area (TPSA) is 106 Å². The van der Waals surface area contributed by atoms with Crippen LogP contribution in [0.15, 0.2) is 53.8 Å². The molecule has 0 radical (unpaired) electrons. The minimum atomic E-state index is -0.325. The van der Waals surface area contributed by atoms with Gasteiger partial charge in [0, 0.05) is 54.8 Å². The van der Waals surface area contributed by atoms with Crippen LogP contribution in [-0.4, -0.2) is 40.4 Å². The van der Waals surface area contributed by atoms with E-state index in [-0.39, 0.29) is 30.6 Å². The van der Waals surface area contributed by atoms with Crippen molar-refractivity contribution in [2.75, 3.05) is 12.0 Å². The number of aromatic nitrogens is 2. The second-order valence-electron chi connectivity index (χ2n) is 7.90. The number of aliphatic imine (C=N–C) groups is 1. The van der Waals surface area contributed by atoms with Gasteiger partial charge >= 0.3 is 0 Å². The van der Waals surface area contributed by atoms with Crippen LogP contribution in [0.5, 0.6) is 5.75 Å². The van der Waals surface area contributed by atoms with E-state index in [1.165, 1.54) is 0 Å². The normalized spacial score (nSPS) is 15.0. The summed E-state index contributed by atoms with van der Waals surface area (Å²) in [6.07, 6.45) is 4.53. The van der Waals surface area contributed by atoms with Crippen molar-refractivity contribution in [2.24, 2.45) is 12.0 Å². The summed E-state index contributed by atoms with van der Waals surface area (Å²) in [6.45, 7) is 0. The predicted octanol–water partition coefficient (Wildman–Crippen LogP) is 2.77. The van der Waals surface area contributed by atoms with Crippen LogP contribution >= 0.6 is 0 Å². The first kappa shape index (κ1) is 20.6. The van der Waals surface area contributed by atoms with Crippen molar-refractivity contribution in [2.45, 2.75) is 19.3 Å². The molecule has 0 unspecified atom stereocenters. The van der Waals surface area contributed by atoms with Gasteiger partial charge < -0.3 is 10.1 Å². The molecule has 3 heterocycles. The minimum Gasteiger partial charge on any atom is -0.496 e. The molecule has 0 bridgehead atoms. The van der Waals surface area contributed by atoms with E-state index >= 15 is 0 Å². The number of imide groups is 1. The number of methoxy groups -OCH3 is 1. The molecule has 0 spiro atoms. The van der Waals surface area contributed by atoms with Gasteiger partial charge in [-0.15, -0.1) is 0 Å². The summed E-state index contributed by atoms with van der Waals surface area (Å²) < 4.78 is 7.23. The molecule has 3 amide bonds. The van der Waals surface area contributed by atoms with Crippen molar-refractivity contribution >= 4 is 34.9 Å². The lowest BCUT2D eigenvalue weighted by molar-refractivity contribution is -0.121. The Hall–Kier alpha value is -4.27. The summed E-state index contributed by atoms with van der Waals surface area (Å²) in [4.78, 5) is 42.5. The predicted molar refractivity (Wildman–Crippen MR) is 122 cm³/mol. The number of benzene rings is 2. The SMILES string of the molecule is COc1ccc(-c2cnn(C)c2)c2c1CC(NC(=O)c1ccc(N3C(=O)CCC3=O)cc1)=N2. The molecule has 1 N–H and O–H groups in total. The lowest BCUT2D eigenvalue weighted by Gasteiger charge is -2.14. The Labute approximate surface area is 189 Å². The van der Waals surface area contributed by atoms with E-state index < -0.39 is 0 Å². The van der Waals surface area contributed by atoms with E-state index in [9.17, 15) is 14.4 Å². The fraction of sp³-hybridized carbons (Fsp3) is 0.208. The van der Waals surface area contributed by atoms with Crippen LogP contribution in [0.1, 0.15) is 28.8 Å². The maximum atomic E-state index is 12.8. The second-order valence-corrected chi connectivity index (χ2v) is 7.90. The first-order valence-electron chi connectivity index (χ1n) is 10.5. The van der Waals surface area contributed by atoms with Crippen LogP contribution in [-0.2, 0) is 23.1 Å². The molecular weight excluding hydrogens is 422 g/mol. The lowest BCUT2D eigenvalue weighted by atomic mass is 10.0. The van der Waals surface area contributed by atoms with E-state index in [4.69, 9.17) is 4.74 Å². The van der Waals surface area contributed by atoms with E-state index in [0.717, 1.165) is 27.3 Å². The number of anilines is 1. The number of carbonyl (C=O) groups is 3. The van der Waals surface area contributed by atoms with E-state index in [1.807, 2.05) is 25.4 Å². The van der Waals surface area contributed by atoms with Crippen LogP contribution in [0.2, 0.25) is 0 Å². The van der Waals surface area contributed by atoms with Gasteiger partial charge in [-0.25, -0.2) is 4.99 Å². The van der Waals surface area contributed by atoms with Gasteiger partial charge in [0.05, 0.1) is 24.7 Å². The number of ether oxygens (including phenoxy) is 1. The zero-order chi connectivity index (χ0) is 23.1. The molecule has 2 aromatic carbocycles. The van der Waals surface area contributed by atoms with Gasteiger partial charge in [-0.1, -0.05) is 0 Å². The Bertz CT molecular complexity index is 1310. The van der Waals surface area contributed by atoms with Crippen LogP contribution in [0.4, 0.5) is 11.4 Å². The van der Waals surface area contributed by atoms with Crippen molar-refractivity contribution in [1.29, 1.82) is 0 Å². The smallest absolute Gasteiger partial charge is 0.256 e. The molecule has 1 fully saturated rings. The van der Waals surface area contributed by atoms with Crippen LogP contribution in [0.3, 0.4) is 0 Å². The number of aryl methyl sites for hydroxylation is 1. The Morgan fingerprint density at radius 3 is 2.42 bits per heavy atom. The van der Waals surface area contributed by atoms with Crippen molar-refractivity contribution < 1.29 is 19.1 Å². The molecular formula is C24H21N5O4. The number of carbonyl (C=O) groups excluding carboxylic acids is 3. The molecule has 9 heteroatoms. The van der Waals surface area contributed by atoms with Gasteiger partial charge in [0.1, 0.15) is 11.6 Å². The number of hydrogen-bond donors (Lipinski definition) is 1. The average Bonchev–Trinajstić information content (AvgIpc) is 3.51. The highest BCUT2D eigenvalue weighted by molar-refractivity contribution is 6.20. The molecule has 166 valence electrons. The number of nitrogens with one attached hydrogen (secondary N) is 1. The Morgan fingerprint density at radius 2 is 1.79 bits per heavy atom. The Kier molecular flexibility index (Phi) is 5.01. The van der Waals surface area contributed by atoms with Gasteiger partial charge in [0.15, 0.2) is 0 Å². The molecule has 2 aliphatic rings. The third kappa shape index (κ3) is 3.67. The van der Waals surface area contributed by atoms with E-state index in [1.54, 1.807) is 42.3 Å². The molecule has 5 rings (SSSR count). The summed E-state index contributed by atoms with van der Waals surface area (Å²) in [5.74, 6) is 0.435. The number of rotatable bonds is 4. The lowest BCUT2D eigenvalue weighted by Crippen LogP contribution is -2.31. The molecule has 0 saturated carbocycles. The number of hydrogen-bond acceptors (Lipinski definition) is 6. The first-order valence-corrected chi connectivity index (χ1v) is 10.5. The molecule has 0 atom stereocenters. The van der Waals surface area contributed by atoms with E-state index in [0.29, 0.717) is 29.3 Å². The largest absolute Gasteiger partial charge is 0.496 e. The van der Waals surface area contributed by atoms with Gasteiger partial charge in [0.25, 0.3) is 5.91 Å². The molecule has 0 aliphatic carbocycles. The number of nitrogens with zero attached hydrogens (tertiary/aromatic N) is 4. The van der Waals surface area contributed by atoms with Crippen molar-refractivity contribution in [3.8, 4) is 16.9 Å². The van der Waals surface area contributed by atoms with Crippen molar-refractivity contribution in [1.82, 2.24) is 15.1 Å². The minimum absolute atomic E-state index is 0.214. The van der Waals surface area contributed by atoms with Gasteiger partial charge in [-0.3, -0.25) is 24.0 Å². The fourth-order valence-electron chi connectivity index (χ4n) is 4.14. The van der Waals surface area contributed by atoms with E-state index in [2.05, 4.69) is 15.4 Å². The monoisotopic (exact) mass is 443 g/mol. The molecule has 3 aromatic rings. The maximum Gasteiger partial charge on any atom is 0.256 e. The van der Waals surface area contributed by atoms with Gasteiger partial charge in [0.2, 0.25) is 11.8 Å². The van der Waals surface area contributed by atoms with Crippen LogP contribution in [0, 0.1) is 0 Å². The quantitative estimate of drug-likeness (QED) is 0.624. The fourth-order valence-corrected chi connectivity index (χ4v) is 4.14. The third-order valence-corrected chi connectivity index (χ3v) is 5.76. The Balaban J connectivity index is 1.37. The number of amides is 3. The third-order valence-electron chi connectivity index (χ3n) is 5.76. The summed E-state index contributed by atoms with van der Waals surface area (Å²) in [6, 6.07) is 10.2. The molecule has 1 saturated heterocycles. The number of fused-ring (bicyclic) bond motifs is 1. The molecule has 33 heavy (non-hydrogen) atoms. The van der Waals surface area contributed by atoms with Crippen molar-refractivity contribution in [3.05, 3.63) is 59.9 Å². The molecule has 1 aromatic heterocycles. The summed E-state index contributed by atoms with van der Waals surface area (Å²) >= 11 is 0. The summed E-state index contributed by atoms with van der Waals surface area (Å²) in [7, 11) is 3.45. The van der Waals surface area contributed by atoms with Crippen molar-refractivity contribution in [3.63, 3.8) is 0 Å². The average molecular weight is 443 g/mol. The van der Waals surface area contributed by atoms with Gasteiger partial charge in [-0.2, -0.15) is 5.10 Å². The maximum absolute atomic E-state index is 12.8. The summed E-state index contributed by atoms with van der Waals surface area (Å²) in [5.41, 5.74) is 4.35. The second kappa shape index (κ2) is 8.01. The number of amidine groups is 1. The standard InChI is InChI=1S/C24H21N5O4/c1-28-13-15(12-25-28)17-7-8-19(33-2)18-11-20(26-23(17)18)27-24(32)14-3-5-16(6-4-14)29-21(30)9-10-22(29)31/h3-8,12-13H,9-11H2,1-2H3,(H,26,27,32). The molecule has 9 nitrogen and oxygen atoms in total. The van der Waals surface area contributed by atoms with Crippen LogP contribution in [0.25, 0.3) is 11.1 Å². The van der Waals surface area contributed by atoms with Gasteiger partial charge in [-0.05, 0) is 36.4 Å². The first-order chi connectivity index (χ1) is 15.9. The van der Waals surface area contributed by atoms with Crippen LogP contribution < -0.4 is 15.0 Å². The highest BCUT2D eigenvalue weighted by Crippen LogP contribution is 2.42. The zero-order valence-electron chi connectivity index (χ0n) is 18.2. The highest BCUT2D eigenvalue weighted by atomic mass is 16.5. The summed E-state index contributed by atoms with van der Waals surface area (Å²) in [5, 5.41) is 7.11. The Morgan fingerprint density at radius 1 is 1.06 bits per heavy atom. The molecule has 2 aliphatic heterocycles. The zero-order valence-corrected chi connectivity index (χ0v) is 18.2. The highest BCUT2D eigenvalue weighted by Gasteiger charge is 2.30.